The van der Waals surface area contributed by atoms with Crippen molar-refractivity contribution in [1.82, 2.24) is 15.2 Å². The number of hydrogen-bond donors (Lipinski definition) is 1. The first kappa shape index (κ1) is 19.7. The molecule has 5 rings (SSSR count). The molecule has 6 heteroatoms. The van der Waals surface area contributed by atoms with Gasteiger partial charge in [-0.3, -0.25) is 9.69 Å². The van der Waals surface area contributed by atoms with E-state index in [-0.39, 0.29) is 28.2 Å². The van der Waals surface area contributed by atoms with E-state index in [9.17, 15) is 4.79 Å². The summed E-state index contributed by atoms with van der Waals surface area (Å²) in [4.78, 5) is 19.8. The van der Waals surface area contributed by atoms with E-state index < -0.39 is 0 Å². The Kier molecular flexibility index (Phi) is 5.38. The Hall–Kier alpha value is -1.62. The highest BCUT2D eigenvalue weighted by Gasteiger charge is 2.50. The molecule has 2 aromatic rings. The highest BCUT2D eigenvalue weighted by molar-refractivity contribution is 6.36. The van der Waals surface area contributed by atoms with Gasteiger partial charge >= 0.3 is 0 Å². The van der Waals surface area contributed by atoms with E-state index in [1.54, 1.807) is 6.07 Å². The molecule has 1 N–H and O–H groups in total. The summed E-state index contributed by atoms with van der Waals surface area (Å²) in [6.45, 7) is 3.16. The lowest BCUT2D eigenvalue weighted by Crippen LogP contribution is -2.62. The van der Waals surface area contributed by atoms with E-state index in [2.05, 4.69) is 53.4 Å². The van der Waals surface area contributed by atoms with Crippen LogP contribution in [-0.2, 0) is 0 Å². The first-order valence-electron chi connectivity index (χ1n) is 9.79. The first-order chi connectivity index (χ1) is 13.4. The van der Waals surface area contributed by atoms with Gasteiger partial charge in [0.1, 0.15) is 5.69 Å². The van der Waals surface area contributed by atoms with Crippen LogP contribution in [0.15, 0.2) is 36.5 Å². The van der Waals surface area contributed by atoms with Crippen LogP contribution in [0.5, 0.6) is 0 Å². The number of aromatic nitrogens is 1. The van der Waals surface area contributed by atoms with Crippen LogP contribution in [0.1, 0.15) is 53.3 Å². The van der Waals surface area contributed by atoms with Crippen LogP contribution < -0.4 is 5.32 Å². The van der Waals surface area contributed by atoms with Gasteiger partial charge in [0, 0.05) is 18.3 Å². The molecule has 2 bridgehead atoms. The lowest BCUT2D eigenvalue weighted by Gasteiger charge is -2.57. The van der Waals surface area contributed by atoms with Crippen LogP contribution in [0.4, 0.5) is 0 Å². The molecular weight excluding hydrogens is 393 g/mol. The van der Waals surface area contributed by atoms with Crippen molar-refractivity contribution < 1.29 is 4.79 Å². The summed E-state index contributed by atoms with van der Waals surface area (Å²) >= 11 is 12.2. The number of piperidine rings is 2. The summed E-state index contributed by atoms with van der Waals surface area (Å²) in [6.07, 6.45) is 6.04. The number of rotatable bonds is 4. The van der Waals surface area contributed by atoms with Gasteiger partial charge in [-0.05, 0) is 57.2 Å². The molecule has 1 atom stereocenters. The van der Waals surface area contributed by atoms with E-state index in [1.807, 2.05) is 0 Å². The van der Waals surface area contributed by atoms with Gasteiger partial charge in [-0.15, -0.1) is 0 Å². The Morgan fingerprint density at radius 2 is 2.04 bits per heavy atom. The van der Waals surface area contributed by atoms with Crippen molar-refractivity contribution in [3.05, 3.63) is 63.4 Å². The third-order valence-electron chi connectivity index (χ3n) is 6.47. The maximum Gasteiger partial charge on any atom is 0.271 e. The number of aryl methyl sites for hydroxylation is 1. The number of benzene rings is 1. The maximum absolute atomic E-state index is 13.1. The van der Waals surface area contributed by atoms with Crippen LogP contribution in [-0.4, -0.2) is 34.9 Å². The van der Waals surface area contributed by atoms with Crippen LogP contribution in [0.3, 0.4) is 0 Å². The van der Waals surface area contributed by atoms with Crippen molar-refractivity contribution >= 4 is 29.1 Å². The third-order valence-corrected chi connectivity index (χ3v) is 6.97. The van der Waals surface area contributed by atoms with Gasteiger partial charge in [-0.25, -0.2) is 4.98 Å². The number of fused-ring (bicyclic) bond motifs is 3. The number of carbonyl (C=O) groups excluding carboxylic acids is 1. The van der Waals surface area contributed by atoms with E-state index in [1.165, 1.54) is 24.6 Å². The number of nitrogens with one attached hydrogen (secondary N) is 1. The molecule has 3 aliphatic rings. The van der Waals surface area contributed by atoms with Gasteiger partial charge in [0.15, 0.2) is 0 Å². The molecule has 0 radical (unpaired) electrons. The second-order valence-electron chi connectivity index (χ2n) is 8.23. The number of amides is 1. The number of nitrogens with zero attached hydrogens (tertiary/aromatic N) is 2. The number of hydrogen-bond acceptors (Lipinski definition) is 3. The fourth-order valence-electron chi connectivity index (χ4n) is 4.98. The lowest BCUT2D eigenvalue weighted by atomic mass is 9.65. The molecule has 1 aromatic carbocycles. The average molecular weight is 418 g/mol. The summed E-state index contributed by atoms with van der Waals surface area (Å²) in [7, 11) is 2.19. The Morgan fingerprint density at radius 3 is 2.68 bits per heavy atom. The zero-order valence-electron chi connectivity index (χ0n) is 16.2. The average Bonchev–Trinajstić information content (AvgIpc) is 2.67. The molecule has 1 aliphatic carbocycles. The van der Waals surface area contributed by atoms with Gasteiger partial charge < -0.3 is 5.32 Å². The third kappa shape index (κ3) is 3.54. The number of halogens is 2. The summed E-state index contributed by atoms with van der Waals surface area (Å²) in [5, 5.41) is 3.97. The number of pyridine rings is 1. The molecule has 2 saturated heterocycles. The highest BCUT2D eigenvalue weighted by atomic mass is 35.5. The Morgan fingerprint density at radius 1 is 1.29 bits per heavy atom. The molecular formula is C22H25Cl2N3O. The molecule has 1 unspecified atom stereocenters. The van der Waals surface area contributed by atoms with E-state index in [4.69, 9.17) is 23.2 Å². The van der Waals surface area contributed by atoms with Crippen LogP contribution in [0, 0.1) is 12.8 Å². The van der Waals surface area contributed by atoms with Gasteiger partial charge in [0.2, 0.25) is 0 Å². The molecule has 2 aliphatic heterocycles. The molecule has 148 valence electrons. The minimum Gasteiger partial charge on any atom is -0.342 e. The topological polar surface area (TPSA) is 45.2 Å². The normalized spacial score (nSPS) is 25.5. The van der Waals surface area contributed by atoms with Crippen LogP contribution in [0.25, 0.3) is 0 Å². The molecule has 1 aromatic heterocycles. The van der Waals surface area contributed by atoms with Gasteiger partial charge in [-0.1, -0.05) is 53.0 Å². The largest absolute Gasteiger partial charge is 0.342 e. The predicted octanol–water partition coefficient (Wildman–Crippen LogP) is 5.04. The molecule has 1 saturated carbocycles. The molecule has 4 nitrogen and oxygen atoms in total. The fraction of sp³-hybridized carbons (Fsp3) is 0.455. The summed E-state index contributed by atoms with van der Waals surface area (Å²) in [5.74, 6) is 0.511. The van der Waals surface area contributed by atoms with Crippen molar-refractivity contribution in [3.63, 3.8) is 0 Å². The van der Waals surface area contributed by atoms with Crippen LogP contribution >= 0.6 is 23.2 Å². The van der Waals surface area contributed by atoms with Crippen molar-refractivity contribution in [3.8, 4) is 0 Å². The highest BCUT2D eigenvalue weighted by Crippen LogP contribution is 2.49. The van der Waals surface area contributed by atoms with E-state index in [0.717, 1.165) is 30.9 Å². The summed E-state index contributed by atoms with van der Waals surface area (Å²) < 4.78 is 0. The van der Waals surface area contributed by atoms with Crippen molar-refractivity contribution in [2.24, 2.45) is 5.92 Å². The monoisotopic (exact) mass is 417 g/mol. The van der Waals surface area contributed by atoms with Crippen molar-refractivity contribution in [2.75, 3.05) is 13.6 Å². The van der Waals surface area contributed by atoms with E-state index in [0.29, 0.717) is 5.02 Å². The second-order valence-corrected chi connectivity index (χ2v) is 9.08. The lowest BCUT2D eigenvalue weighted by molar-refractivity contribution is -0.0404. The summed E-state index contributed by atoms with van der Waals surface area (Å²) in [6, 6.07) is 9.85. The maximum atomic E-state index is 13.1. The smallest absolute Gasteiger partial charge is 0.271 e. The van der Waals surface area contributed by atoms with Crippen molar-refractivity contribution in [1.29, 1.82) is 0 Å². The summed E-state index contributed by atoms with van der Waals surface area (Å²) in [5.41, 5.74) is 2.44. The number of likely N-dealkylation sites (N-methyl/N-ethyl adjacent to an activating group) is 1. The Balaban J connectivity index is 1.72. The van der Waals surface area contributed by atoms with E-state index >= 15 is 0 Å². The first-order valence-corrected chi connectivity index (χ1v) is 10.5. The molecule has 3 fully saturated rings. The fourth-order valence-corrected chi connectivity index (χ4v) is 5.44. The minimum absolute atomic E-state index is 0.0862. The molecule has 3 heterocycles. The Labute approximate surface area is 176 Å². The second kappa shape index (κ2) is 7.66. The minimum atomic E-state index is -0.261. The quantitative estimate of drug-likeness (QED) is 0.757. The Bertz CT molecular complexity index is 893. The van der Waals surface area contributed by atoms with Gasteiger partial charge in [0.25, 0.3) is 5.91 Å². The SMILES string of the molecule is Cc1cccc(C(NC(=O)c2ncc(Cl)cc2Cl)C23CCC(CC2)CN3C)c1. The number of carbonyl (C=O) groups is 1. The predicted molar refractivity (Wildman–Crippen MR) is 113 cm³/mol. The van der Waals surface area contributed by atoms with Gasteiger partial charge in [-0.2, -0.15) is 0 Å². The molecule has 1 amide bonds. The standard InChI is InChI=1S/C22H25Cl2N3O/c1-14-4-3-5-16(10-14)20(22-8-6-15(7-9-22)13-27(22)2)26-21(28)19-18(24)11-17(23)12-25-19/h3-5,10-12,15,20H,6-9,13H2,1-2H3,(H,26,28). The van der Waals surface area contributed by atoms with Crippen LogP contribution in [0.2, 0.25) is 10.0 Å². The molecule has 28 heavy (non-hydrogen) atoms. The zero-order valence-corrected chi connectivity index (χ0v) is 17.7. The van der Waals surface area contributed by atoms with Crippen molar-refractivity contribution in [2.45, 2.75) is 44.2 Å². The zero-order chi connectivity index (χ0) is 19.9. The van der Waals surface area contributed by atoms with Gasteiger partial charge in [0.05, 0.1) is 16.1 Å². The molecule has 0 spiro atoms.